The fourth-order valence-corrected chi connectivity index (χ4v) is 4.45. The molecule has 2 heterocycles. The summed E-state index contributed by atoms with van der Waals surface area (Å²) in [6.07, 6.45) is 8.32. The van der Waals surface area contributed by atoms with E-state index >= 15 is 0 Å². The second-order valence-electron chi connectivity index (χ2n) is 6.80. The van der Waals surface area contributed by atoms with Gasteiger partial charge in [-0.25, -0.2) is 5.84 Å². The van der Waals surface area contributed by atoms with Crippen LogP contribution in [0.3, 0.4) is 0 Å². The molecular formula is C17H25N3. The molecule has 1 aromatic rings. The second-order valence-corrected chi connectivity index (χ2v) is 6.80. The van der Waals surface area contributed by atoms with E-state index in [1.807, 2.05) is 5.01 Å². The van der Waals surface area contributed by atoms with Crippen LogP contribution >= 0.6 is 0 Å². The van der Waals surface area contributed by atoms with Crippen LogP contribution in [0.2, 0.25) is 0 Å². The first-order valence-corrected chi connectivity index (χ1v) is 8.21. The van der Waals surface area contributed by atoms with Crippen molar-refractivity contribution in [3.63, 3.8) is 0 Å². The Bertz CT molecular complexity index is 499. The monoisotopic (exact) mass is 271 g/mol. The van der Waals surface area contributed by atoms with E-state index in [4.69, 9.17) is 5.84 Å². The zero-order chi connectivity index (χ0) is 13.5. The van der Waals surface area contributed by atoms with Crippen LogP contribution in [0.15, 0.2) is 18.2 Å². The molecule has 2 atom stereocenters. The number of nitrogens with two attached hydrogens (primary N) is 1. The summed E-state index contributed by atoms with van der Waals surface area (Å²) in [6, 6.07) is 6.86. The number of nitrogens with zero attached hydrogens (tertiary/aromatic N) is 2. The van der Waals surface area contributed by atoms with Crippen molar-refractivity contribution in [3.8, 4) is 0 Å². The van der Waals surface area contributed by atoms with Crippen molar-refractivity contribution < 1.29 is 0 Å². The third-order valence-corrected chi connectivity index (χ3v) is 5.65. The molecule has 3 nitrogen and oxygen atoms in total. The quantitative estimate of drug-likeness (QED) is 0.797. The molecule has 3 heteroatoms. The van der Waals surface area contributed by atoms with Crippen molar-refractivity contribution >= 4 is 11.4 Å². The van der Waals surface area contributed by atoms with Gasteiger partial charge in [0.1, 0.15) is 0 Å². The van der Waals surface area contributed by atoms with Crippen LogP contribution in [0.5, 0.6) is 0 Å². The van der Waals surface area contributed by atoms with Gasteiger partial charge in [0.05, 0.1) is 5.69 Å². The summed E-state index contributed by atoms with van der Waals surface area (Å²) in [5, 5.41) is 1.88. The van der Waals surface area contributed by atoms with Gasteiger partial charge in [0.25, 0.3) is 0 Å². The molecule has 1 saturated heterocycles. The number of hydrazine groups is 1. The molecular weight excluding hydrogens is 246 g/mol. The normalized spacial score (nSPS) is 29.2. The lowest BCUT2D eigenvalue weighted by atomic mass is 9.75. The molecule has 0 spiro atoms. The van der Waals surface area contributed by atoms with E-state index in [-0.39, 0.29) is 0 Å². The number of hydrogen-bond acceptors (Lipinski definition) is 3. The average molecular weight is 271 g/mol. The van der Waals surface area contributed by atoms with Crippen molar-refractivity contribution in [3.05, 3.63) is 23.8 Å². The highest BCUT2D eigenvalue weighted by Gasteiger charge is 2.31. The number of fused-ring (bicyclic) bond motifs is 2. The number of rotatable bonds is 1. The van der Waals surface area contributed by atoms with Gasteiger partial charge in [-0.1, -0.05) is 19.3 Å². The van der Waals surface area contributed by atoms with E-state index < -0.39 is 0 Å². The predicted octanol–water partition coefficient (Wildman–Crippen LogP) is 2.94. The molecule has 0 bridgehead atoms. The molecule has 4 rings (SSSR count). The van der Waals surface area contributed by atoms with Gasteiger partial charge in [-0.05, 0) is 54.9 Å². The van der Waals surface area contributed by atoms with E-state index in [1.54, 1.807) is 0 Å². The number of benzene rings is 1. The fourth-order valence-electron chi connectivity index (χ4n) is 4.45. The van der Waals surface area contributed by atoms with Crippen LogP contribution in [0.1, 0.15) is 37.7 Å². The van der Waals surface area contributed by atoms with E-state index in [1.165, 1.54) is 62.1 Å². The first-order valence-electron chi connectivity index (χ1n) is 8.21. The Labute approximate surface area is 121 Å². The summed E-state index contributed by atoms with van der Waals surface area (Å²) >= 11 is 0. The zero-order valence-electron chi connectivity index (χ0n) is 12.2. The number of hydrogen-bond donors (Lipinski definition) is 1. The first kappa shape index (κ1) is 12.5. The maximum atomic E-state index is 5.98. The summed E-state index contributed by atoms with van der Waals surface area (Å²) < 4.78 is 0. The minimum Gasteiger partial charge on any atom is -0.371 e. The maximum absolute atomic E-state index is 5.98. The Balaban J connectivity index is 1.53. The lowest BCUT2D eigenvalue weighted by Crippen LogP contribution is -2.41. The molecule has 3 aliphatic rings. The minimum absolute atomic E-state index is 0.941. The van der Waals surface area contributed by atoms with Gasteiger partial charge >= 0.3 is 0 Å². The number of anilines is 2. The fraction of sp³-hybridized carbons (Fsp3) is 0.647. The highest BCUT2D eigenvalue weighted by Crippen LogP contribution is 2.38. The molecule has 0 radical (unpaired) electrons. The van der Waals surface area contributed by atoms with Crippen molar-refractivity contribution in [2.45, 2.75) is 38.5 Å². The van der Waals surface area contributed by atoms with Crippen LogP contribution in [0.4, 0.5) is 11.4 Å². The zero-order valence-corrected chi connectivity index (χ0v) is 12.2. The average Bonchev–Trinajstić information content (AvgIpc) is 2.88. The van der Waals surface area contributed by atoms with E-state index in [0.29, 0.717) is 0 Å². The molecule has 2 N–H and O–H groups in total. The first-order chi connectivity index (χ1) is 9.81. The molecule has 2 unspecified atom stereocenters. The van der Waals surface area contributed by atoms with Crippen LogP contribution in [0.25, 0.3) is 0 Å². The maximum Gasteiger partial charge on any atom is 0.0551 e. The standard InChI is InChI=1S/C17H25N3/c18-20-10-8-14-11-16(5-6-17(14)20)19-9-7-13-3-1-2-4-15(13)12-19/h5-6,11,13,15H,1-4,7-10,12,18H2. The topological polar surface area (TPSA) is 32.5 Å². The molecule has 1 aromatic carbocycles. The molecule has 1 saturated carbocycles. The van der Waals surface area contributed by atoms with Crippen LogP contribution < -0.4 is 15.8 Å². The molecule has 0 amide bonds. The van der Waals surface area contributed by atoms with Crippen molar-refractivity contribution in [2.24, 2.45) is 17.7 Å². The third kappa shape index (κ3) is 2.08. The summed E-state index contributed by atoms with van der Waals surface area (Å²) in [4.78, 5) is 2.62. The largest absolute Gasteiger partial charge is 0.371 e. The van der Waals surface area contributed by atoms with Gasteiger partial charge in [0.2, 0.25) is 0 Å². The van der Waals surface area contributed by atoms with Gasteiger partial charge in [-0.15, -0.1) is 0 Å². The van der Waals surface area contributed by atoms with Gasteiger partial charge in [0, 0.05) is 25.3 Å². The summed E-state index contributed by atoms with van der Waals surface area (Å²) in [6.45, 7) is 3.48. The molecule has 2 aliphatic heterocycles. The highest BCUT2D eigenvalue weighted by atomic mass is 15.4. The predicted molar refractivity (Wildman–Crippen MR) is 84.0 cm³/mol. The second kappa shape index (κ2) is 4.96. The van der Waals surface area contributed by atoms with Crippen molar-refractivity contribution in [1.29, 1.82) is 0 Å². The van der Waals surface area contributed by atoms with Crippen molar-refractivity contribution in [2.75, 3.05) is 29.5 Å². The molecule has 2 fully saturated rings. The Morgan fingerprint density at radius 1 is 1.00 bits per heavy atom. The Kier molecular flexibility index (Phi) is 3.10. The van der Waals surface area contributed by atoms with Gasteiger partial charge in [-0.3, -0.25) is 0 Å². The lowest BCUT2D eigenvalue weighted by molar-refractivity contribution is 0.202. The Hall–Kier alpha value is -1.22. The smallest absolute Gasteiger partial charge is 0.0551 e. The van der Waals surface area contributed by atoms with Crippen molar-refractivity contribution in [1.82, 2.24) is 0 Å². The van der Waals surface area contributed by atoms with Gasteiger partial charge in [0.15, 0.2) is 0 Å². The third-order valence-electron chi connectivity index (χ3n) is 5.65. The SMILES string of the molecule is NN1CCc2cc(N3CCC4CCCCC4C3)ccc21. The van der Waals surface area contributed by atoms with E-state index in [2.05, 4.69) is 23.1 Å². The molecule has 0 aromatic heterocycles. The Morgan fingerprint density at radius 3 is 2.75 bits per heavy atom. The van der Waals surface area contributed by atoms with Gasteiger partial charge < -0.3 is 9.91 Å². The van der Waals surface area contributed by atoms with Crippen LogP contribution in [0, 0.1) is 11.8 Å². The van der Waals surface area contributed by atoms with E-state index in [9.17, 15) is 0 Å². The van der Waals surface area contributed by atoms with E-state index in [0.717, 1.165) is 24.8 Å². The molecule has 108 valence electrons. The summed E-state index contributed by atoms with van der Waals surface area (Å²) in [5.74, 6) is 7.93. The lowest BCUT2D eigenvalue weighted by Gasteiger charge is -2.42. The summed E-state index contributed by atoms with van der Waals surface area (Å²) in [7, 11) is 0. The highest BCUT2D eigenvalue weighted by molar-refractivity contribution is 5.64. The number of piperidine rings is 1. The van der Waals surface area contributed by atoms with Crippen LogP contribution in [-0.4, -0.2) is 19.6 Å². The molecule has 20 heavy (non-hydrogen) atoms. The summed E-state index contributed by atoms with van der Waals surface area (Å²) in [5.41, 5.74) is 4.07. The Morgan fingerprint density at radius 2 is 1.85 bits per heavy atom. The van der Waals surface area contributed by atoms with Crippen LogP contribution in [-0.2, 0) is 6.42 Å². The van der Waals surface area contributed by atoms with Gasteiger partial charge in [-0.2, -0.15) is 0 Å². The molecule has 1 aliphatic carbocycles. The minimum atomic E-state index is 0.941.